The van der Waals surface area contributed by atoms with E-state index in [4.69, 9.17) is 0 Å². The van der Waals surface area contributed by atoms with Gasteiger partial charge in [0.2, 0.25) is 0 Å². The molecule has 2 heterocycles. The lowest BCUT2D eigenvalue weighted by Crippen LogP contribution is -2.28. The zero-order chi connectivity index (χ0) is 14.3. The molecule has 0 unspecified atom stereocenters. The Bertz CT molecular complexity index is 889. The zero-order valence-corrected chi connectivity index (χ0v) is 10.6. The van der Waals surface area contributed by atoms with E-state index in [-0.39, 0.29) is 11.3 Å². The molecule has 0 atom stereocenters. The molecule has 0 saturated carbocycles. The van der Waals surface area contributed by atoms with Crippen molar-refractivity contribution in [3.05, 3.63) is 62.3 Å². The van der Waals surface area contributed by atoms with Gasteiger partial charge in [0, 0.05) is 13.5 Å². The van der Waals surface area contributed by atoms with Crippen LogP contribution in [0.1, 0.15) is 11.4 Å². The maximum Gasteiger partial charge on any atom is 0.329 e. The Morgan fingerprint density at radius 1 is 1.20 bits per heavy atom. The number of aromatic nitrogens is 4. The van der Waals surface area contributed by atoms with Gasteiger partial charge in [0.15, 0.2) is 5.65 Å². The molecule has 3 rings (SSSR count). The first-order valence-electron chi connectivity index (χ1n) is 5.97. The number of H-pyrrole nitrogens is 2. The Hall–Kier alpha value is -2.70. The third-order valence-electron chi connectivity index (χ3n) is 3.09. The molecule has 0 radical (unpaired) electrons. The summed E-state index contributed by atoms with van der Waals surface area (Å²) in [6.07, 6.45) is 0.419. The van der Waals surface area contributed by atoms with Crippen molar-refractivity contribution in [2.24, 2.45) is 7.05 Å². The molecule has 6 nitrogen and oxygen atoms in total. The number of hydrogen-bond acceptors (Lipinski definition) is 3. The molecule has 20 heavy (non-hydrogen) atoms. The first-order valence-corrected chi connectivity index (χ1v) is 5.97. The third kappa shape index (κ3) is 2.03. The molecule has 0 saturated heterocycles. The number of aryl methyl sites for hydroxylation is 1. The van der Waals surface area contributed by atoms with Crippen molar-refractivity contribution in [2.45, 2.75) is 6.42 Å². The SMILES string of the molecule is Cn1c(=O)[nH]c(=O)c2[nH]c(Cc3ccc(F)cc3)nc21. The maximum absolute atomic E-state index is 12.8. The standard InChI is InChI=1S/C13H11FN4O2/c1-18-11-10(12(19)17-13(18)20)15-9(16-11)6-7-2-4-8(14)5-3-7/h2-5H,6H2,1H3,(H,15,16)(H,17,19,20). The van der Waals surface area contributed by atoms with Gasteiger partial charge >= 0.3 is 5.69 Å². The quantitative estimate of drug-likeness (QED) is 0.720. The van der Waals surface area contributed by atoms with Crippen LogP contribution in [0.25, 0.3) is 11.2 Å². The summed E-state index contributed by atoms with van der Waals surface area (Å²) in [5.41, 5.74) is 0.398. The van der Waals surface area contributed by atoms with Crippen LogP contribution >= 0.6 is 0 Å². The average molecular weight is 274 g/mol. The lowest BCUT2D eigenvalue weighted by molar-refractivity contribution is 0.627. The molecule has 0 aliphatic carbocycles. The highest BCUT2D eigenvalue weighted by atomic mass is 19.1. The molecule has 2 N–H and O–H groups in total. The second-order valence-corrected chi connectivity index (χ2v) is 4.50. The predicted octanol–water partition coefficient (Wildman–Crippen LogP) is 0.680. The highest BCUT2D eigenvalue weighted by molar-refractivity contribution is 5.69. The van der Waals surface area contributed by atoms with E-state index in [0.717, 1.165) is 5.56 Å². The van der Waals surface area contributed by atoms with E-state index in [1.807, 2.05) is 0 Å². The summed E-state index contributed by atoms with van der Waals surface area (Å²) in [6, 6.07) is 6.01. The van der Waals surface area contributed by atoms with Crippen molar-refractivity contribution in [1.82, 2.24) is 19.5 Å². The molecule has 0 spiro atoms. The van der Waals surface area contributed by atoms with E-state index >= 15 is 0 Å². The summed E-state index contributed by atoms with van der Waals surface area (Å²) >= 11 is 0. The summed E-state index contributed by atoms with van der Waals surface area (Å²) in [4.78, 5) is 32.5. The Labute approximate surface area is 111 Å². The summed E-state index contributed by atoms with van der Waals surface area (Å²) in [6.45, 7) is 0. The number of nitrogens with zero attached hydrogens (tertiary/aromatic N) is 2. The number of nitrogens with one attached hydrogen (secondary N) is 2. The summed E-state index contributed by atoms with van der Waals surface area (Å²) < 4.78 is 14.1. The molecule has 7 heteroatoms. The van der Waals surface area contributed by atoms with Gasteiger partial charge < -0.3 is 4.98 Å². The van der Waals surface area contributed by atoms with Crippen molar-refractivity contribution in [3.63, 3.8) is 0 Å². The molecule has 0 amide bonds. The van der Waals surface area contributed by atoms with E-state index in [9.17, 15) is 14.0 Å². The minimum absolute atomic E-state index is 0.254. The Balaban J connectivity index is 2.07. The van der Waals surface area contributed by atoms with Crippen LogP contribution in [0.5, 0.6) is 0 Å². The first-order chi connectivity index (χ1) is 9.54. The Morgan fingerprint density at radius 3 is 2.60 bits per heavy atom. The van der Waals surface area contributed by atoms with E-state index in [1.54, 1.807) is 12.1 Å². The highest BCUT2D eigenvalue weighted by Crippen LogP contribution is 2.10. The zero-order valence-electron chi connectivity index (χ0n) is 10.6. The lowest BCUT2D eigenvalue weighted by atomic mass is 10.1. The molecular formula is C13H11FN4O2. The fraction of sp³-hybridized carbons (Fsp3) is 0.154. The van der Waals surface area contributed by atoms with Crippen LogP contribution in [0, 0.1) is 5.82 Å². The number of hydrogen-bond donors (Lipinski definition) is 2. The van der Waals surface area contributed by atoms with Gasteiger partial charge in [-0.2, -0.15) is 0 Å². The summed E-state index contributed by atoms with van der Waals surface area (Å²) in [7, 11) is 1.53. The topological polar surface area (TPSA) is 83.5 Å². The second-order valence-electron chi connectivity index (χ2n) is 4.50. The van der Waals surface area contributed by atoms with Gasteiger partial charge in [-0.3, -0.25) is 14.3 Å². The Morgan fingerprint density at radius 2 is 1.90 bits per heavy atom. The van der Waals surface area contributed by atoms with Gasteiger partial charge in [0.05, 0.1) is 0 Å². The average Bonchev–Trinajstić information content (AvgIpc) is 2.83. The van der Waals surface area contributed by atoms with Crippen molar-refractivity contribution in [3.8, 4) is 0 Å². The molecule has 3 aromatic rings. The van der Waals surface area contributed by atoms with Gasteiger partial charge in [-0.15, -0.1) is 0 Å². The molecule has 1 aromatic carbocycles. The summed E-state index contributed by atoms with van der Waals surface area (Å²) in [5.74, 6) is 0.232. The van der Waals surface area contributed by atoms with Crippen LogP contribution in [0.3, 0.4) is 0 Å². The van der Waals surface area contributed by atoms with Crippen LogP contribution in [-0.4, -0.2) is 19.5 Å². The number of fused-ring (bicyclic) bond motifs is 1. The molecule has 0 fully saturated rings. The molecule has 0 aliphatic rings. The van der Waals surface area contributed by atoms with Gasteiger partial charge in [0.25, 0.3) is 5.56 Å². The summed E-state index contributed by atoms with van der Waals surface area (Å²) in [5, 5.41) is 0. The highest BCUT2D eigenvalue weighted by Gasteiger charge is 2.10. The second kappa shape index (κ2) is 4.44. The fourth-order valence-corrected chi connectivity index (χ4v) is 2.03. The van der Waals surface area contributed by atoms with E-state index in [2.05, 4.69) is 15.0 Å². The number of rotatable bonds is 2. The van der Waals surface area contributed by atoms with Crippen molar-refractivity contribution >= 4 is 11.2 Å². The van der Waals surface area contributed by atoms with Crippen molar-refractivity contribution in [1.29, 1.82) is 0 Å². The van der Waals surface area contributed by atoms with Crippen molar-refractivity contribution in [2.75, 3.05) is 0 Å². The number of imidazole rings is 1. The number of benzene rings is 1. The molecule has 0 aliphatic heterocycles. The first kappa shape index (κ1) is 12.3. The smallest absolute Gasteiger partial charge is 0.329 e. The number of halogens is 1. The number of aromatic amines is 2. The van der Waals surface area contributed by atoms with Gasteiger partial charge in [-0.25, -0.2) is 14.2 Å². The molecule has 2 aromatic heterocycles. The molecular weight excluding hydrogens is 263 g/mol. The van der Waals surface area contributed by atoms with Gasteiger partial charge in [-0.05, 0) is 17.7 Å². The Kier molecular flexibility index (Phi) is 2.74. The van der Waals surface area contributed by atoms with Crippen LogP contribution < -0.4 is 11.2 Å². The van der Waals surface area contributed by atoms with E-state index < -0.39 is 11.2 Å². The van der Waals surface area contributed by atoms with E-state index in [0.29, 0.717) is 17.9 Å². The monoisotopic (exact) mass is 274 g/mol. The van der Waals surface area contributed by atoms with Crippen LogP contribution in [0.2, 0.25) is 0 Å². The molecule has 0 bridgehead atoms. The minimum atomic E-state index is -0.512. The third-order valence-corrected chi connectivity index (χ3v) is 3.09. The van der Waals surface area contributed by atoms with E-state index in [1.165, 1.54) is 23.7 Å². The van der Waals surface area contributed by atoms with Gasteiger partial charge in [0.1, 0.15) is 17.2 Å². The lowest BCUT2D eigenvalue weighted by Gasteiger charge is -1.97. The minimum Gasteiger partial charge on any atom is -0.336 e. The largest absolute Gasteiger partial charge is 0.336 e. The predicted molar refractivity (Wildman–Crippen MR) is 71.2 cm³/mol. The fourth-order valence-electron chi connectivity index (χ4n) is 2.03. The molecule has 102 valence electrons. The van der Waals surface area contributed by atoms with Crippen LogP contribution in [0.15, 0.2) is 33.9 Å². The normalized spacial score (nSPS) is 11.1. The van der Waals surface area contributed by atoms with Crippen LogP contribution in [0.4, 0.5) is 4.39 Å². The van der Waals surface area contributed by atoms with Gasteiger partial charge in [-0.1, -0.05) is 12.1 Å². The van der Waals surface area contributed by atoms with Crippen LogP contribution in [-0.2, 0) is 13.5 Å². The van der Waals surface area contributed by atoms with Crippen molar-refractivity contribution < 1.29 is 4.39 Å². The maximum atomic E-state index is 12.8.